The van der Waals surface area contributed by atoms with Crippen molar-refractivity contribution in [3.8, 4) is 0 Å². The second kappa shape index (κ2) is 5.63. The van der Waals surface area contributed by atoms with Gasteiger partial charge in [-0.05, 0) is 40.6 Å². The van der Waals surface area contributed by atoms with E-state index in [0.29, 0.717) is 6.54 Å². The minimum Gasteiger partial charge on any atom is -0.381 e. The van der Waals surface area contributed by atoms with Crippen LogP contribution in [0.25, 0.3) is 10.8 Å². The van der Waals surface area contributed by atoms with Crippen LogP contribution in [0.1, 0.15) is 5.56 Å². The quantitative estimate of drug-likeness (QED) is 0.682. The SMILES string of the molecule is Fc1ccc(CNc2ccc3ccccc3c2)c(Br)c1. The number of halogens is 2. The molecule has 0 heterocycles. The van der Waals surface area contributed by atoms with Gasteiger partial charge in [0.2, 0.25) is 0 Å². The molecule has 3 heteroatoms. The summed E-state index contributed by atoms with van der Waals surface area (Å²) in [4.78, 5) is 0. The Bertz CT molecular complexity index is 755. The molecule has 0 spiro atoms. The molecule has 3 aromatic carbocycles. The number of fused-ring (bicyclic) bond motifs is 1. The van der Waals surface area contributed by atoms with Crippen LogP contribution in [0.5, 0.6) is 0 Å². The second-order valence-corrected chi connectivity index (χ2v) is 5.51. The molecule has 100 valence electrons. The second-order valence-electron chi connectivity index (χ2n) is 4.65. The minimum atomic E-state index is -0.230. The number of benzene rings is 3. The molecule has 0 radical (unpaired) electrons. The fraction of sp³-hybridized carbons (Fsp3) is 0.0588. The van der Waals surface area contributed by atoms with Crippen molar-refractivity contribution in [1.82, 2.24) is 0 Å². The molecule has 1 N–H and O–H groups in total. The van der Waals surface area contributed by atoms with Crippen LogP contribution < -0.4 is 5.32 Å². The van der Waals surface area contributed by atoms with E-state index in [2.05, 4.69) is 51.6 Å². The largest absolute Gasteiger partial charge is 0.381 e. The van der Waals surface area contributed by atoms with Gasteiger partial charge in [-0.3, -0.25) is 0 Å². The Kier molecular flexibility index (Phi) is 3.70. The van der Waals surface area contributed by atoms with Gasteiger partial charge >= 0.3 is 0 Å². The molecule has 0 amide bonds. The van der Waals surface area contributed by atoms with Crippen LogP contribution in [-0.4, -0.2) is 0 Å². The Balaban J connectivity index is 1.79. The zero-order valence-electron chi connectivity index (χ0n) is 10.7. The number of rotatable bonds is 3. The van der Waals surface area contributed by atoms with E-state index in [1.807, 2.05) is 12.1 Å². The van der Waals surface area contributed by atoms with Gasteiger partial charge in [0.25, 0.3) is 0 Å². The van der Waals surface area contributed by atoms with Gasteiger partial charge in [-0.15, -0.1) is 0 Å². The normalized spacial score (nSPS) is 10.7. The molecule has 0 fully saturated rings. The molecular weight excluding hydrogens is 317 g/mol. The van der Waals surface area contributed by atoms with Crippen molar-refractivity contribution in [1.29, 1.82) is 0 Å². The Hall–Kier alpha value is -1.87. The summed E-state index contributed by atoms with van der Waals surface area (Å²) in [5, 5.41) is 5.79. The van der Waals surface area contributed by atoms with E-state index in [9.17, 15) is 4.39 Å². The van der Waals surface area contributed by atoms with E-state index in [0.717, 1.165) is 15.7 Å². The maximum atomic E-state index is 13.0. The fourth-order valence-electron chi connectivity index (χ4n) is 2.16. The number of nitrogens with one attached hydrogen (secondary N) is 1. The molecule has 20 heavy (non-hydrogen) atoms. The first kappa shape index (κ1) is 13.1. The van der Waals surface area contributed by atoms with Crippen molar-refractivity contribution in [3.05, 3.63) is 76.5 Å². The molecule has 0 aromatic heterocycles. The van der Waals surface area contributed by atoms with Crippen LogP contribution in [0.15, 0.2) is 65.1 Å². The first-order valence-electron chi connectivity index (χ1n) is 6.39. The molecule has 0 aliphatic carbocycles. The predicted octanol–water partition coefficient (Wildman–Crippen LogP) is 5.35. The Morgan fingerprint density at radius 1 is 0.900 bits per heavy atom. The van der Waals surface area contributed by atoms with Gasteiger partial charge in [-0.2, -0.15) is 0 Å². The molecule has 0 aliphatic rings. The van der Waals surface area contributed by atoms with Crippen molar-refractivity contribution >= 4 is 32.4 Å². The summed E-state index contributed by atoms with van der Waals surface area (Å²) >= 11 is 3.38. The molecule has 3 aromatic rings. The van der Waals surface area contributed by atoms with E-state index in [1.165, 1.54) is 22.9 Å². The molecule has 1 nitrogen and oxygen atoms in total. The molecule has 0 saturated heterocycles. The summed E-state index contributed by atoms with van der Waals surface area (Å²) in [6.07, 6.45) is 0. The third-order valence-corrected chi connectivity index (χ3v) is 3.99. The van der Waals surface area contributed by atoms with E-state index < -0.39 is 0 Å². The first-order valence-corrected chi connectivity index (χ1v) is 7.18. The molecular formula is C17H13BrFN. The van der Waals surface area contributed by atoms with E-state index in [4.69, 9.17) is 0 Å². The van der Waals surface area contributed by atoms with Crippen LogP contribution in [-0.2, 0) is 6.54 Å². The van der Waals surface area contributed by atoms with Crippen molar-refractivity contribution in [2.75, 3.05) is 5.32 Å². The number of anilines is 1. The van der Waals surface area contributed by atoms with Gasteiger partial charge in [0.05, 0.1) is 0 Å². The lowest BCUT2D eigenvalue weighted by Gasteiger charge is -2.09. The standard InChI is InChI=1S/C17H13BrFN/c18-17-10-15(19)7-5-14(17)11-20-16-8-6-12-3-1-2-4-13(12)9-16/h1-10,20H,11H2. The minimum absolute atomic E-state index is 0.230. The fourth-order valence-corrected chi connectivity index (χ4v) is 2.65. The van der Waals surface area contributed by atoms with Gasteiger partial charge in [-0.1, -0.05) is 52.3 Å². The summed E-state index contributed by atoms with van der Waals surface area (Å²) in [5.41, 5.74) is 2.08. The summed E-state index contributed by atoms with van der Waals surface area (Å²) in [6, 6.07) is 19.3. The van der Waals surface area contributed by atoms with Crippen LogP contribution in [0.4, 0.5) is 10.1 Å². The topological polar surface area (TPSA) is 12.0 Å². The van der Waals surface area contributed by atoms with Crippen LogP contribution in [0.2, 0.25) is 0 Å². The van der Waals surface area contributed by atoms with Gasteiger partial charge in [-0.25, -0.2) is 4.39 Å². The van der Waals surface area contributed by atoms with Crippen molar-refractivity contribution in [3.63, 3.8) is 0 Å². The van der Waals surface area contributed by atoms with E-state index >= 15 is 0 Å². The zero-order valence-corrected chi connectivity index (χ0v) is 12.3. The van der Waals surface area contributed by atoms with Gasteiger partial charge in [0.15, 0.2) is 0 Å². The van der Waals surface area contributed by atoms with Crippen LogP contribution in [0, 0.1) is 5.82 Å². The van der Waals surface area contributed by atoms with Crippen LogP contribution >= 0.6 is 15.9 Å². The maximum Gasteiger partial charge on any atom is 0.124 e. The molecule has 0 unspecified atom stereocenters. The molecule has 3 rings (SSSR count). The third kappa shape index (κ3) is 2.83. The molecule has 0 atom stereocenters. The first-order chi connectivity index (χ1) is 9.72. The smallest absolute Gasteiger partial charge is 0.124 e. The van der Waals surface area contributed by atoms with Gasteiger partial charge in [0.1, 0.15) is 5.82 Å². The van der Waals surface area contributed by atoms with Crippen LogP contribution in [0.3, 0.4) is 0 Å². The average Bonchev–Trinajstić information content (AvgIpc) is 2.46. The highest BCUT2D eigenvalue weighted by Crippen LogP contribution is 2.22. The zero-order chi connectivity index (χ0) is 13.9. The van der Waals surface area contributed by atoms with Crippen molar-refractivity contribution in [2.45, 2.75) is 6.54 Å². The third-order valence-electron chi connectivity index (χ3n) is 3.25. The molecule has 0 bridgehead atoms. The maximum absolute atomic E-state index is 13.0. The lowest BCUT2D eigenvalue weighted by molar-refractivity contribution is 0.626. The van der Waals surface area contributed by atoms with Crippen molar-refractivity contribution < 1.29 is 4.39 Å². The molecule has 0 saturated carbocycles. The number of hydrogen-bond donors (Lipinski definition) is 1. The summed E-state index contributed by atoms with van der Waals surface area (Å²) < 4.78 is 13.8. The van der Waals surface area contributed by atoms with Crippen molar-refractivity contribution in [2.24, 2.45) is 0 Å². The van der Waals surface area contributed by atoms with E-state index in [1.54, 1.807) is 6.07 Å². The highest BCUT2D eigenvalue weighted by molar-refractivity contribution is 9.10. The lowest BCUT2D eigenvalue weighted by Crippen LogP contribution is -2.00. The monoisotopic (exact) mass is 329 g/mol. The number of hydrogen-bond acceptors (Lipinski definition) is 1. The Labute approximate surface area is 125 Å². The lowest BCUT2D eigenvalue weighted by atomic mass is 10.1. The highest BCUT2D eigenvalue weighted by Gasteiger charge is 2.02. The van der Waals surface area contributed by atoms with Gasteiger partial charge < -0.3 is 5.32 Å². The highest BCUT2D eigenvalue weighted by atomic mass is 79.9. The summed E-state index contributed by atoms with van der Waals surface area (Å²) in [6.45, 7) is 0.652. The van der Waals surface area contributed by atoms with E-state index in [-0.39, 0.29) is 5.82 Å². The Morgan fingerprint density at radius 3 is 2.50 bits per heavy atom. The summed E-state index contributed by atoms with van der Waals surface area (Å²) in [5.74, 6) is -0.230. The average molecular weight is 330 g/mol. The molecule has 0 aliphatic heterocycles. The predicted molar refractivity (Wildman–Crippen MR) is 85.4 cm³/mol. The summed E-state index contributed by atoms with van der Waals surface area (Å²) in [7, 11) is 0. The Morgan fingerprint density at radius 2 is 1.70 bits per heavy atom. The van der Waals surface area contributed by atoms with Gasteiger partial charge in [0, 0.05) is 16.7 Å².